The Bertz CT molecular complexity index is 557. The molecule has 1 aliphatic carbocycles. The molecule has 0 bridgehead atoms. The number of hydrogen-bond donors (Lipinski definition) is 2. The molecule has 3 rings (SSSR count). The van der Waals surface area contributed by atoms with Gasteiger partial charge in [0.05, 0.1) is 0 Å². The maximum Gasteiger partial charge on any atom is 0.252 e. The number of benzene rings is 1. The van der Waals surface area contributed by atoms with Gasteiger partial charge in [-0.25, -0.2) is 4.39 Å². The van der Waals surface area contributed by atoms with Gasteiger partial charge in [-0.05, 0) is 56.5 Å². The van der Waals surface area contributed by atoms with Gasteiger partial charge in [-0.15, -0.1) is 12.4 Å². The topological polar surface area (TPSA) is 50.4 Å². The predicted octanol–water partition coefficient (Wildman–Crippen LogP) is 2.16. The average Bonchev–Trinajstić information content (AvgIpc) is 3.34. The molecule has 1 amide bonds. The lowest BCUT2D eigenvalue weighted by molar-refractivity contribution is -0.146. The van der Waals surface area contributed by atoms with Gasteiger partial charge in [-0.3, -0.25) is 4.79 Å². The zero-order valence-corrected chi connectivity index (χ0v) is 14.2. The molecule has 0 unspecified atom stereocenters. The van der Waals surface area contributed by atoms with E-state index >= 15 is 0 Å². The fraction of sp³-hybridized carbons (Fsp3) is 0.588. The first-order valence-corrected chi connectivity index (χ1v) is 7.91. The molecule has 2 N–H and O–H groups in total. The number of carbonyl (C=O) groups excluding carboxylic acids is 1. The number of nitrogens with one attached hydrogen (secondary N) is 2. The third kappa shape index (κ3) is 3.67. The molecule has 1 saturated heterocycles. The smallest absolute Gasteiger partial charge is 0.252 e. The summed E-state index contributed by atoms with van der Waals surface area (Å²) < 4.78 is 19.0. The van der Waals surface area contributed by atoms with Crippen LogP contribution in [0.5, 0.6) is 0 Å². The van der Waals surface area contributed by atoms with Crippen molar-refractivity contribution in [1.82, 2.24) is 10.6 Å². The fourth-order valence-corrected chi connectivity index (χ4v) is 3.30. The van der Waals surface area contributed by atoms with Crippen LogP contribution in [0.1, 0.15) is 31.2 Å². The van der Waals surface area contributed by atoms with E-state index in [1.807, 2.05) is 6.07 Å². The molecule has 1 aliphatic heterocycles. The maximum atomic E-state index is 13.4. The van der Waals surface area contributed by atoms with E-state index in [9.17, 15) is 9.18 Å². The van der Waals surface area contributed by atoms with E-state index in [0.717, 1.165) is 31.5 Å². The lowest BCUT2D eigenvalue weighted by atomic mass is 9.90. The number of halogens is 2. The molecule has 1 aromatic rings. The minimum Gasteiger partial charge on any atom is -0.368 e. The minimum absolute atomic E-state index is 0. The number of methoxy groups -OCH3 is 1. The summed E-state index contributed by atoms with van der Waals surface area (Å²) in [7, 11) is 1.60. The average molecular weight is 343 g/mol. The van der Waals surface area contributed by atoms with Crippen molar-refractivity contribution in [2.75, 3.05) is 26.7 Å². The SMILES string of the molecule is COC1(C(=O)NCC2(c3cccc(F)c3)CC2)CCNCC1.Cl. The van der Waals surface area contributed by atoms with Gasteiger partial charge in [0.15, 0.2) is 0 Å². The van der Waals surface area contributed by atoms with Crippen molar-refractivity contribution in [2.24, 2.45) is 0 Å². The second-order valence-electron chi connectivity index (χ2n) is 6.42. The third-order valence-corrected chi connectivity index (χ3v) is 5.09. The third-order valence-electron chi connectivity index (χ3n) is 5.09. The number of hydrogen-bond acceptors (Lipinski definition) is 3. The van der Waals surface area contributed by atoms with Gasteiger partial charge in [-0.1, -0.05) is 12.1 Å². The van der Waals surface area contributed by atoms with Gasteiger partial charge in [-0.2, -0.15) is 0 Å². The zero-order chi connectivity index (χ0) is 15.6. The molecule has 0 atom stereocenters. The Hall–Kier alpha value is -1.17. The predicted molar refractivity (Wildman–Crippen MR) is 89.4 cm³/mol. The van der Waals surface area contributed by atoms with Gasteiger partial charge < -0.3 is 15.4 Å². The molecule has 6 heteroatoms. The second-order valence-corrected chi connectivity index (χ2v) is 6.42. The second kappa shape index (κ2) is 7.16. The van der Waals surface area contributed by atoms with Crippen molar-refractivity contribution in [3.05, 3.63) is 35.6 Å². The van der Waals surface area contributed by atoms with E-state index in [2.05, 4.69) is 10.6 Å². The molecular formula is C17H24ClFN2O2. The summed E-state index contributed by atoms with van der Waals surface area (Å²) in [6.07, 6.45) is 3.33. The van der Waals surface area contributed by atoms with Gasteiger partial charge in [0.1, 0.15) is 11.4 Å². The number of rotatable bonds is 5. The van der Waals surface area contributed by atoms with Crippen LogP contribution >= 0.6 is 12.4 Å². The molecule has 23 heavy (non-hydrogen) atoms. The summed E-state index contributed by atoms with van der Waals surface area (Å²) in [5.74, 6) is -0.263. The Morgan fingerprint density at radius 3 is 2.57 bits per heavy atom. The normalized spacial score (nSPS) is 21.1. The first kappa shape index (κ1) is 18.2. The van der Waals surface area contributed by atoms with E-state index in [-0.39, 0.29) is 29.5 Å². The summed E-state index contributed by atoms with van der Waals surface area (Å²) in [5.41, 5.74) is 0.160. The van der Waals surface area contributed by atoms with Crippen LogP contribution in [0.3, 0.4) is 0 Å². The quantitative estimate of drug-likeness (QED) is 0.862. The van der Waals surface area contributed by atoms with Gasteiger partial charge in [0, 0.05) is 19.1 Å². The first-order chi connectivity index (χ1) is 10.6. The van der Waals surface area contributed by atoms with Crippen LogP contribution in [0.2, 0.25) is 0 Å². The van der Waals surface area contributed by atoms with E-state index in [1.54, 1.807) is 19.2 Å². The monoisotopic (exact) mass is 342 g/mol. The van der Waals surface area contributed by atoms with E-state index in [1.165, 1.54) is 6.07 Å². The Morgan fingerprint density at radius 2 is 2.00 bits per heavy atom. The Labute approximate surface area is 142 Å². The summed E-state index contributed by atoms with van der Waals surface area (Å²) in [6.45, 7) is 2.13. The summed E-state index contributed by atoms with van der Waals surface area (Å²) in [4.78, 5) is 12.6. The molecule has 2 fully saturated rings. The minimum atomic E-state index is -0.719. The van der Waals surface area contributed by atoms with Crippen molar-refractivity contribution in [3.8, 4) is 0 Å². The van der Waals surface area contributed by atoms with Gasteiger partial charge in [0.25, 0.3) is 5.91 Å². The molecule has 1 heterocycles. The van der Waals surface area contributed by atoms with Crippen LogP contribution in [0.4, 0.5) is 4.39 Å². The van der Waals surface area contributed by atoms with Gasteiger partial charge in [0.2, 0.25) is 0 Å². The van der Waals surface area contributed by atoms with Crippen molar-refractivity contribution in [3.63, 3.8) is 0 Å². The molecule has 1 saturated carbocycles. The molecule has 2 aliphatic rings. The molecule has 0 spiro atoms. The fourth-order valence-electron chi connectivity index (χ4n) is 3.30. The highest BCUT2D eigenvalue weighted by Gasteiger charge is 2.46. The van der Waals surface area contributed by atoms with Crippen LogP contribution in [0.15, 0.2) is 24.3 Å². The molecular weight excluding hydrogens is 319 g/mol. The highest BCUT2D eigenvalue weighted by Crippen LogP contribution is 2.47. The summed E-state index contributed by atoms with van der Waals surface area (Å²) in [5, 5.41) is 6.29. The standard InChI is InChI=1S/C17H23FN2O2.ClH/c1-22-17(7-9-19-10-8-17)15(21)20-12-16(5-6-16)13-3-2-4-14(18)11-13;/h2-4,11,19H,5-10,12H2,1H3,(H,20,21);1H. The number of amides is 1. The Kier molecular flexibility index (Phi) is 5.65. The van der Waals surface area contributed by atoms with Crippen molar-refractivity contribution in [2.45, 2.75) is 36.7 Å². The van der Waals surface area contributed by atoms with Crippen LogP contribution in [-0.2, 0) is 14.9 Å². The van der Waals surface area contributed by atoms with Crippen molar-refractivity contribution < 1.29 is 13.9 Å². The lowest BCUT2D eigenvalue weighted by Crippen LogP contribution is -2.55. The molecule has 0 radical (unpaired) electrons. The highest BCUT2D eigenvalue weighted by atomic mass is 35.5. The van der Waals surface area contributed by atoms with E-state index in [4.69, 9.17) is 4.74 Å². The van der Waals surface area contributed by atoms with Crippen molar-refractivity contribution in [1.29, 1.82) is 0 Å². The van der Waals surface area contributed by atoms with Crippen molar-refractivity contribution >= 4 is 18.3 Å². The molecule has 1 aromatic carbocycles. The summed E-state index contributed by atoms with van der Waals surface area (Å²) >= 11 is 0. The zero-order valence-electron chi connectivity index (χ0n) is 13.4. The Morgan fingerprint density at radius 1 is 1.30 bits per heavy atom. The number of carbonyl (C=O) groups is 1. The Balaban J connectivity index is 0.00000192. The lowest BCUT2D eigenvalue weighted by Gasteiger charge is -2.35. The number of piperidine rings is 1. The van der Waals surface area contributed by atoms with E-state index in [0.29, 0.717) is 19.4 Å². The maximum absolute atomic E-state index is 13.4. The highest BCUT2D eigenvalue weighted by molar-refractivity contribution is 5.85. The first-order valence-electron chi connectivity index (χ1n) is 7.91. The largest absolute Gasteiger partial charge is 0.368 e. The van der Waals surface area contributed by atoms with E-state index < -0.39 is 5.60 Å². The molecule has 4 nitrogen and oxygen atoms in total. The van der Waals surface area contributed by atoms with Crippen LogP contribution in [0.25, 0.3) is 0 Å². The number of ether oxygens (including phenoxy) is 1. The van der Waals surface area contributed by atoms with Gasteiger partial charge >= 0.3 is 0 Å². The molecule has 128 valence electrons. The van der Waals surface area contributed by atoms with Crippen LogP contribution in [-0.4, -0.2) is 38.3 Å². The summed E-state index contributed by atoms with van der Waals surface area (Å²) in [6, 6.07) is 6.71. The van der Waals surface area contributed by atoms with Crippen LogP contribution < -0.4 is 10.6 Å². The van der Waals surface area contributed by atoms with Crippen LogP contribution in [0, 0.1) is 5.82 Å². The molecule has 0 aromatic heterocycles.